The van der Waals surface area contributed by atoms with E-state index >= 15 is 0 Å². The van der Waals surface area contributed by atoms with Crippen LogP contribution in [0.15, 0.2) is 97.1 Å². The molecule has 41 heavy (non-hydrogen) atoms. The first-order valence-electron chi connectivity index (χ1n) is 12.9. The monoisotopic (exact) mass is 542 g/mol. The van der Waals surface area contributed by atoms with Crippen molar-refractivity contribution in [1.29, 1.82) is 0 Å². The van der Waals surface area contributed by atoms with E-state index in [4.69, 9.17) is 4.74 Å². The van der Waals surface area contributed by atoms with Crippen LogP contribution in [0, 0.1) is 11.8 Å². The van der Waals surface area contributed by atoms with Gasteiger partial charge in [-0.15, -0.1) is 0 Å². The van der Waals surface area contributed by atoms with Gasteiger partial charge in [0.2, 0.25) is 0 Å². The number of phenolic OH excluding ortho intramolecular Hbond substituents is 5. The van der Waals surface area contributed by atoms with Gasteiger partial charge in [0.05, 0.1) is 12.0 Å². The van der Waals surface area contributed by atoms with Crippen LogP contribution in [0.25, 0.3) is 11.1 Å². The third-order valence-corrected chi connectivity index (χ3v) is 7.54. The van der Waals surface area contributed by atoms with E-state index in [0.29, 0.717) is 38.9 Å². The summed E-state index contributed by atoms with van der Waals surface area (Å²) in [6.07, 6.45) is 0. The molecule has 5 aromatic carbocycles. The molecule has 1 aliphatic rings. The predicted molar refractivity (Wildman–Crippen MR) is 155 cm³/mol. The molecule has 6 heteroatoms. The number of methoxy groups -OCH3 is 1. The van der Waals surface area contributed by atoms with Gasteiger partial charge in [0.25, 0.3) is 0 Å². The smallest absolute Gasteiger partial charge is 0.124 e. The minimum Gasteiger partial charge on any atom is -0.508 e. The molecule has 0 fully saturated rings. The number of benzene rings is 5. The maximum absolute atomic E-state index is 11.5. The lowest BCUT2D eigenvalue weighted by molar-refractivity contribution is 0.184. The van der Waals surface area contributed by atoms with Crippen LogP contribution in [0.2, 0.25) is 0 Å². The van der Waals surface area contributed by atoms with Crippen molar-refractivity contribution in [3.63, 3.8) is 0 Å². The molecule has 6 nitrogen and oxygen atoms in total. The van der Waals surface area contributed by atoms with Gasteiger partial charge < -0.3 is 30.3 Å². The Morgan fingerprint density at radius 2 is 1.17 bits per heavy atom. The molecule has 0 unspecified atom stereocenters. The summed E-state index contributed by atoms with van der Waals surface area (Å²) in [5.74, 6) is 6.95. The first-order chi connectivity index (χ1) is 19.8. The number of phenols is 5. The molecule has 0 saturated heterocycles. The van der Waals surface area contributed by atoms with Crippen LogP contribution in [0.3, 0.4) is 0 Å². The van der Waals surface area contributed by atoms with E-state index in [9.17, 15) is 25.5 Å². The second-order valence-electron chi connectivity index (χ2n) is 9.98. The lowest BCUT2D eigenvalue weighted by atomic mass is 9.66. The van der Waals surface area contributed by atoms with E-state index in [-0.39, 0.29) is 35.4 Å². The van der Waals surface area contributed by atoms with Crippen molar-refractivity contribution in [1.82, 2.24) is 0 Å². The molecule has 1 aliphatic carbocycles. The predicted octanol–water partition coefficient (Wildman–Crippen LogP) is 6.12. The zero-order valence-electron chi connectivity index (χ0n) is 22.1. The van der Waals surface area contributed by atoms with Gasteiger partial charge in [0, 0.05) is 23.8 Å². The first-order valence-corrected chi connectivity index (χ1v) is 12.9. The average Bonchev–Trinajstić information content (AvgIpc) is 3.26. The number of fused-ring (bicyclic) bond motifs is 3. The fraction of sp³-hybridized carbons (Fsp3) is 0.0857. The Morgan fingerprint density at radius 1 is 0.634 bits per heavy atom. The maximum Gasteiger partial charge on any atom is 0.124 e. The maximum atomic E-state index is 11.5. The van der Waals surface area contributed by atoms with Gasteiger partial charge >= 0.3 is 0 Å². The van der Waals surface area contributed by atoms with Gasteiger partial charge in [-0.25, -0.2) is 0 Å². The number of ether oxygens (including phenoxy) is 1. The second-order valence-corrected chi connectivity index (χ2v) is 9.98. The second kappa shape index (κ2) is 9.98. The van der Waals surface area contributed by atoms with Crippen molar-refractivity contribution in [2.24, 2.45) is 0 Å². The lowest BCUT2D eigenvalue weighted by Gasteiger charge is -2.35. The summed E-state index contributed by atoms with van der Waals surface area (Å²) in [7, 11) is 1.57. The Morgan fingerprint density at radius 3 is 1.73 bits per heavy atom. The van der Waals surface area contributed by atoms with Crippen LogP contribution in [-0.4, -0.2) is 32.6 Å². The molecule has 202 valence electrons. The Labute approximate surface area is 237 Å². The summed E-state index contributed by atoms with van der Waals surface area (Å²) in [6.45, 7) is 0.170. The molecule has 0 bridgehead atoms. The van der Waals surface area contributed by atoms with Gasteiger partial charge in [-0.2, -0.15) is 0 Å². The van der Waals surface area contributed by atoms with Crippen LogP contribution in [0.5, 0.6) is 28.7 Å². The van der Waals surface area contributed by atoms with E-state index in [1.54, 1.807) is 79.9 Å². The standard InChI is InChI=1S/C35H26O6/c1-41-20-22-18-32(40)33-30-17-15-28(39)19-31(30)35(23-5-11-26(37)12-6-23,24-7-13-27(38)14-8-24)34(33)29(22)16-4-21-2-9-25(36)10-3-21/h2-3,5-15,17-19,36-40H,20H2,1H3. The SMILES string of the molecule is COCc1cc(O)c2c(c1C#Cc1ccc(O)cc1)C(c1ccc(O)cc1)(c1ccc(O)cc1)c1cc(O)ccc1-2. The van der Waals surface area contributed by atoms with Crippen molar-refractivity contribution in [2.75, 3.05) is 7.11 Å². The summed E-state index contributed by atoms with van der Waals surface area (Å²) in [6, 6.07) is 26.9. The molecule has 0 aliphatic heterocycles. The fourth-order valence-electron chi connectivity index (χ4n) is 5.85. The van der Waals surface area contributed by atoms with Crippen molar-refractivity contribution in [3.05, 3.63) is 136 Å². The molecule has 0 heterocycles. The minimum absolute atomic E-state index is 0.0357. The summed E-state index contributed by atoms with van der Waals surface area (Å²) < 4.78 is 5.54. The van der Waals surface area contributed by atoms with Crippen LogP contribution < -0.4 is 0 Å². The fourth-order valence-corrected chi connectivity index (χ4v) is 5.85. The van der Waals surface area contributed by atoms with Gasteiger partial charge in [-0.05, 0) is 100 Å². The van der Waals surface area contributed by atoms with E-state index in [1.165, 1.54) is 0 Å². The highest BCUT2D eigenvalue weighted by atomic mass is 16.5. The number of hydrogen-bond donors (Lipinski definition) is 5. The molecule has 5 aromatic rings. The number of rotatable bonds is 4. The van der Waals surface area contributed by atoms with Crippen molar-refractivity contribution in [2.45, 2.75) is 12.0 Å². The zero-order chi connectivity index (χ0) is 28.7. The molecule has 0 amide bonds. The van der Waals surface area contributed by atoms with Gasteiger partial charge in [0.15, 0.2) is 0 Å². The lowest BCUT2D eigenvalue weighted by Crippen LogP contribution is -2.30. The minimum atomic E-state index is -1.11. The summed E-state index contributed by atoms with van der Waals surface area (Å²) in [4.78, 5) is 0. The summed E-state index contributed by atoms with van der Waals surface area (Å²) >= 11 is 0. The van der Waals surface area contributed by atoms with Gasteiger partial charge in [0.1, 0.15) is 28.7 Å². The molecule has 0 saturated carbocycles. The van der Waals surface area contributed by atoms with Crippen molar-refractivity contribution in [3.8, 4) is 51.7 Å². The highest BCUT2D eigenvalue weighted by Gasteiger charge is 2.49. The normalized spacial score (nSPS) is 12.7. The highest BCUT2D eigenvalue weighted by molar-refractivity contribution is 5.92. The quantitative estimate of drug-likeness (QED) is 0.172. The highest BCUT2D eigenvalue weighted by Crippen LogP contribution is 2.60. The van der Waals surface area contributed by atoms with Gasteiger partial charge in [-0.1, -0.05) is 42.2 Å². The number of hydrogen-bond acceptors (Lipinski definition) is 6. The Bertz CT molecular complexity index is 1780. The van der Waals surface area contributed by atoms with Crippen LogP contribution in [0.1, 0.15) is 38.9 Å². The first kappa shape index (κ1) is 25.9. The topological polar surface area (TPSA) is 110 Å². The average molecular weight is 543 g/mol. The van der Waals surface area contributed by atoms with E-state index in [2.05, 4.69) is 11.8 Å². The van der Waals surface area contributed by atoms with Crippen LogP contribution in [-0.2, 0) is 16.8 Å². The molecular weight excluding hydrogens is 516 g/mol. The molecular formula is C35H26O6. The molecule has 0 aromatic heterocycles. The van der Waals surface area contributed by atoms with Crippen LogP contribution in [0.4, 0.5) is 0 Å². The van der Waals surface area contributed by atoms with E-state index in [0.717, 1.165) is 11.1 Å². The third kappa shape index (κ3) is 4.20. The Kier molecular flexibility index (Phi) is 6.30. The molecule has 6 rings (SSSR count). The molecule has 5 N–H and O–H groups in total. The number of aromatic hydroxyl groups is 5. The zero-order valence-corrected chi connectivity index (χ0v) is 22.1. The van der Waals surface area contributed by atoms with Crippen LogP contribution >= 0.6 is 0 Å². The third-order valence-electron chi connectivity index (χ3n) is 7.54. The Hall–Kier alpha value is -5.38. The summed E-state index contributed by atoms with van der Waals surface area (Å²) in [5, 5.41) is 52.4. The Balaban J connectivity index is 1.80. The molecule has 0 spiro atoms. The van der Waals surface area contributed by atoms with E-state index in [1.807, 2.05) is 24.3 Å². The molecule has 0 atom stereocenters. The van der Waals surface area contributed by atoms with Gasteiger partial charge in [-0.3, -0.25) is 0 Å². The van der Waals surface area contributed by atoms with Crippen molar-refractivity contribution >= 4 is 0 Å². The largest absolute Gasteiger partial charge is 0.508 e. The van der Waals surface area contributed by atoms with E-state index < -0.39 is 5.41 Å². The molecule has 0 radical (unpaired) electrons. The summed E-state index contributed by atoms with van der Waals surface area (Å²) in [5.41, 5.74) is 5.06. The van der Waals surface area contributed by atoms with Crippen molar-refractivity contribution < 1.29 is 30.3 Å².